The first-order chi connectivity index (χ1) is 14.5. The first-order valence-electron chi connectivity index (χ1n) is 9.39. The van der Waals surface area contributed by atoms with Crippen LogP contribution in [0.4, 0.5) is 14.5 Å². The number of carbonyl (C=O) groups excluding carboxylic acids is 1. The Morgan fingerprint density at radius 2 is 1.57 bits per heavy atom. The number of alkyl halides is 2. The summed E-state index contributed by atoms with van der Waals surface area (Å²) >= 11 is 0. The van der Waals surface area contributed by atoms with Crippen LogP contribution in [-0.2, 0) is 4.79 Å². The lowest BCUT2D eigenvalue weighted by Gasteiger charge is -2.27. The van der Waals surface area contributed by atoms with Crippen molar-refractivity contribution in [3.8, 4) is 5.75 Å². The number of halogens is 2. The number of carbonyl (C=O) groups is 1. The molecular formula is C24H19F2NO3. The largest absolute Gasteiger partial charge is 0.503 e. The SMILES string of the molecule is Cc1ccc(N2C(=O)C(O)=C(c3ccccc3)[C@@H]2c2ccc(OC(F)F)cc2)cc1. The number of benzene rings is 3. The molecule has 0 aromatic heterocycles. The molecule has 0 fully saturated rings. The lowest BCUT2D eigenvalue weighted by molar-refractivity contribution is -0.117. The highest BCUT2D eigenvalue weighted by molar-refractivity contribution is 6.15. The number of hydrogen-bond acceptors (Lipinski definition) is 3. The molecule has 0 saturated carbocycles. The number of aliphatic hydroxyl groups excluding tert-OH is 1. The maximum Gasteiger partial charge on any atom is 0.387 e. The molecule has 1 heterocycles. The highest BCUT2D eigenvalue weighted by Crippen LogP contribution is 2.45. The summed E-state index contributed by atoms with van der Waals surface area (Å²) in [6.45, 7) is -0.975. The van der Waals surface area contributed by atoms with Gasteiger partial charge in [-0.15, -0.1) is 0 Å². The second kappa shape index (κ2) is 7.99. The summed E-state index contributed by atoms with van der Waals surface area (Å²) in [6, 6.07) is 22.0. The molecule has 0 radical (unpaired) electrons. The molecule has 3 aromatic rings. The fourth-order valence-electron chi connectivity index (χ4n) is 3.64. The predicted octanol–water partition coefficient (Wildman–Crippen LogP) is 5.65. The molecule has 152 valence electrons. The minimum atomic E-state index is -2.92. The fraction of sp³-hybridized carbons (Fsp3) is 0.125. The van der Waals surface area contributed by atoms with Crippen LogP contribution in [0.3, 0.4) is 0 Å². The van der Waals surface area contributed by atoms with Crippen LogP contribution in [0.25, 0.3) is 5.57 Å². The van der Waals surface area contributed by atoms with E-state index in [-0.39, 0.29) is 11.5 Å². The average molecular weight is 407 g/mol. The Morgan fingerprint density at radius 1 is 0.933 bits per heavy atom. The van der Waals surface area contributed by atoms with E-state index >= 15 is 0 Å². The van der Waals surface area contributed by atoms with E-state index in [1.54, 1.807) is 12.1 Å². The van der Waals surface area contributed by atoms with Crippen molar-refractivity contribution in [2.45, 2.75) is 19.6 Å². The monoisotopic (exact) mass is 407 g/mol. The van der Waals surface area contributed by atoms with E-state index in [1.807, 2.05) is 61.5 Å². The van der Waals surface area contributed by atoms with Gasteiger partial charge in [-0.05, 0) is 42.3 Å². The van der Waals surface area contributed by atoms with Crippen molar-refractivity contribution in [1.29, 1.82) is 0 Å². The molecule has 1 aliphatic heterocycles. The van der Waals surface area contributed by atoms with Gasteiger partial charge in [0, 0.05) is 11.3 Å². The third kappa shape index (κ3) is 3.64. The lowest BCUT2D eigenvalue weighted by atomic mass is 9.93. The fourth-order valence-corrected chi connectivity index (χ4v) is 3.64. The smallest absolute Gasteiger partial charge is 0.387 e. The van der Waals surface area contributed by atoms with Gasteiger partial charge < -0.3 is 9.84 Å². The summed E-state index contributed by atoms with van der Waals surface area (Å²) in [5.74, 6) is -0.829. The normalized spacial score (nSPS) is 16.5. The quantitative estimate of drug-likeness (QED) is 0.594. The average Bonchev–Trinajstić information content (AvgIpc) is 3.00. The number of hydrogen-bond donors (Lipinski definition) is 1. The number of ether oxygens (including phenoxy) is 1. The number of aryl methyl sites for hydroxylation is 1. The summed E-state index contributed by atoms with van der Waals surface area (Å²) in [6.07, 6.45) is 0. The first-order valence-corrected chi connectivity index (χ1v) is 9.39. The first kappa shape index (κ1) is 19.6. The second-order valence-electron chi connectivity index (χ2n) is 6.99. The van der Waals surface area contributed by atoms with E-state index in [0.29, 0.717) is 22.4 Å². The van der Waals surface area contributed by atoms with Crippen molar-refractivity contribution in [3.63, 3.8) is 0 Å². The molecule has 0 aliphatic carbocycles. The van der Waals surface area contributed by atoms with E-state index in [1.165, 1.54) is 17.0 Å². The molecule has 4 rings (SSSR count). The van der Waals surface area contributed by atoms with Gasteiger partial charge in [-0.3, -0.25) is 9.69 Å². The van der Waals surface area contributed by atoms with Crippen molar-refractivity contribution in [2.24, 2.45) is 0 Å². The topological polar surface area (TPSA) is 49.8 Å². The molecule has 0 saturated heterocycles. The second-order valence-corrected chi connectivity index (χ2v) is 6.99. The Balaban J connectivity index is 1.83. The van der Waals surface area contributed by atoms with Crippen LogP contribution < -0.4 is 9.64 Å². The zero-order chi connectivity index (χ0) is 21.3. The number of aliphatic hydroxyl groups is 1. The number of rotatable bonds is 5. The summed E-state index contributed by atoms with van der Waals surface area (Å²) < 4.78 is 29.5. The van der Waals surface area contributed by atoms with Gasteiger partial charge in [0.25, 0.3) is 5.91 Å². The zero-order valence-corrected chi connectivity index (χ0v) is 16.1. The van der Waals surface area contributed by atoms with Crippen molar-refractivity contribution in [3.05, 3.63) is 101 Å². The maximum absolute atomic E-state index is 13.1. The van der Waals surface area contributed by atoms with Crippen molar-refractivity contribution in [2.75, 3.05) is 4.90 Å². The van der Waals surface area contributed by atoms with Crippen molar-refractivity contribution >= 4 is 17.2 Å². The van der Waals surface area contributed by atoms with Gasteiger partial charge >= 0.3 is 6.61 Å². The molecule has 30 heavy (non-hydrogen) atoms. The van der Waals surface area contributed by atoms with Gasteiger partial charge in [0.05, 0.1) is 6.04 Å². The summed E-state index contributed by atoms with van der Waals surface area (Å²) in [5.41, 5.74) is 3.49. The molecule has 1 amide bonds. The third-order valence-electron chi connectivity index (χ3n) is 5.03. The van der Waals surface area contributed by atoms with Crippen LogP contribution in [0.1, 0.15) is 22.7 Å². The maximum atomic E-state index is 13.1. The van der Waals surface area contributed by atoms with E-state index in [9.17, 15) is 18.7 Å². The molecule has 0 spiro atoms. The number of anilines is 1. The van der Waals surface area contributed by atoms with Crippen LogP contribution >= 0.6 is 0 Å². The molecule has 3 aromatic carbocycles. The van der Waals surface area contributed by atoms with Crippen molar-refractivity contribution in [1.82, 2.24) is 0 Å². The Hall–Kier alpha value is -3.67. The minimum absolute atomic E-state index is 0.0226. The molecule has 0 bridgehead atoms. The van der Waals surface area contributed by atoms with Crippen LogP contribution in [-0.4, -0.2) is 17.6 Å². The summed E-state index contributed by atoms with van der Waals surface area (Å²) in [4.78, 5) is 14.6. The van der Waals surface area contributed by atoms with E-state index < -0.39 is 18.6 Å². The van der Waals surface area contributed by atoms with Gasteiger partial charge in [0.15, 0.2) is 5.76 Å². The molecular weight excluding hydrogens is 388 g/mol. The van der Waals surface area contributed by atoms with Crippen LogP contribution in [0.15, 0.2) is 84.6 Å². The number of amides is 1. The van der Waals surface area contributed by atoms with Gasteiger partial charge in [0.1, 0.15) is 5.75 Å². The van der Waals surface area contributed by atoms with Gasteiger partial charge in [-0.2, -0.15) is 8.78 Å². The Bertz CT molecular complexity index is 1080. The van der Waals surface area contributed by atoms with Gasteiger partial charge in [-0.25, -0.2) is 0 Å². The van der Waals surface area contributed by atoms with Crippen LogP contribution in [0.2, 0.25) is 0 Å². The lowest BCUT2D eigenvalue weighted by Crippen LogP contribution is -2.30. The highest BCUT2D eigenvalue weighted by Gasteiger charge is 2.41. The zero-order valence-electron chi connectivity index (χ0n) is 16.1. The molecule has 1 atom stereocenters. The Kier molecular flexibility index (Phi) is 5.23. The Morgan fingerprint density at radius 3 is 2.17 bits per heavy atom. The van der Waals surface area contributed by atoms with Crippen LogP contribution in [0.5, 0.6) is 5.75 Å². The summed E-state index contributed by atoms with van der Waals surface area (Å²) in [5, 5.41) is 10.8. The van der Waals surface area contributed by atoms with Crippen molar-refractivity contribution < 1.29 is 23.4 Å². The van der Waals surface area contributed by atoms with Crippen LogP contribution in [0, 0.1) is 6.92 Å². The number of nitrogens with zero attached hydrogens (tertiary/aromatic N) is 1. The van der Waals surface area contributed by atoms with Gasteiger partial charge in [0.2, 0.25) is 0 Å². The molecule has 1 aliphatic rings. The standard InChI is InChI=1S/C24H19F2NO3/c1-15-7-11-18(12-8-15)27-21(17-9-13-19(14-10-17)30-24(25)26)20(22(28)23(27)29)16-5-3-2-4-6-16/h2-14,21,24,28H,1H3/t21-/m0/s1. The predicted molar refractivity (Wildman–Crippen MR) is 110 cm³/mol. The summed E-state index contributed by atoms with van der Waals surface area (Å²) in [7, 11) is 0. The highest BCUT2D eigenvalue weighted by atomic mass is 19.3. The van der Waals surface area contributed by atoms with E-state index in [0.717, 1.165) is 5.56 Å². The van der Waals surface area contributed by atoms with E-state index in [2.05, 4.69) is 4.74 Å². The molecule has 0 unspecified atom stereocenters. The minimum Gasteiger partial charge on any atom is -0.503 e. The van der Waals surface area contributed by atoms with Gasteiger partial charge in [-0.1, -0.05) is 60.2 Å². The third-order valence-corrected chi connectivity index (χ3v) is 5.03. The molecule has 4 nitrogen and oxygen atoms in total. The molecule has 1 N–H and O–H groups in total. The Labute approximate surface area is 172 Å². The molecule has 6 heteroatoms. The van der Waals surface area contributed by atoms with E-state index in [4.69, 9.17) is 0 Å².